The fourth-order valence-corrected chi connectivity index (χ4v) is 11.0. The van der Waals surface area contributed by atoms with Gasteiger partial charge in [-0.2, -0.15) is 18.2 Å². The minimum Gasteiger partial charge on any atom is -0.510 e. The van der Waals surface area contributed by atoms with Gasteiger partial charge in [0, 0.05) is 44.3 Å². The number of rotatable bonds is 6. The first-order valence-electron chi connectivity index (χ1n) is 33.9. The van der Waals surface area contributed by atoms with E-state index in [1.165, 1.54) is 0 Å². The molecule has 0 N–H and O–H groups in total. The molecule has 4 heterocycles. The first kappa shape index (κ1) is 41.0. The Morgan fingerprint density at radius 1 is 0.463 bits per heavy atom. The van der Waals surface area contributed by atoms with E-state index in [1.54, 1.807) is 39.5 Å². The fourth-order valence-electron chi connectivity index (χ4n) is 11.0. The van der Waals surface area contributed by atoms with Crippen molar-refractivity contribution in [1.29, 1.82) is 0 Å². The van der Waals surface area contributed by atoms with E-state index >= 15 is 0 Å². The summed E-state index contributed by atoms with van der Waals surface area (Å²) in [6.07, 6.45) is 5.51. The van der Waals surface area contributed by atoms with Crippen LogP contribution >= 0.6 is 0 Å². The van der Waals surface area contributed by atoms with Crippen LogP contribution in [0.1, 0.15) is 123 Å². The molecule has 82 heavy (non-hydrogen) atoms. The molecule has 410 valence electrons. The average Bonchev–Trinajstić information content (AvgIpc) is 1.61. The van der Waals surface area contributed by atoms with Crippen LogP contribution in [0.25, 0.3) is 106 Å². The van der Waals surface area contributed by atoms with Crippen LogP contribution in [0.4, 0.5) is 0 Å². The van der Waals surface area contributed by atoms with Crippen molar-refractivity contribution in [3.63, 3.8) is 0 Å². The van der Waals surface area contributed by atoms with E-state index in [0.717, 1.165) is 49.6 Å². The maximum atomic E-state index is 10.1. The summed E-state index contributed by atoms with van der Waals surface area (Å²) in [5.74, 6) is 1.32. The van der Waals surface area contributed by atoms with E-state index in [0.29, 0.717) is 34.1 Å². The molecule has 1 aliphatic heterocycles. The van der Waals surface area contributed by atoms with Gasteiger partial charge in [0.2, 0.25) is 0 Å². The summed E-state index contributed by atoms with van der Waals surface area (Å²) in [5, 5.41) is 1.93. The molecule has 12 aromatic rings. The molecular weight excluding hydrogens is 1180 g/mol. The van der Waals surface area contributed by atoms with Crippen molar-refractivity contribution in [1.82, 2.24) is 14.1 Å². The Morgan fingerprint density at radius 2 is 1.05 bits per heavy atom. The third kappa shape index (κ3) is 9.61. The molecule has 3 aromatic heterocycles. The SMILES string of the molecule is [2H]c1c([2H])c([2H])c(-c2cc3c4c(c2)n(-c2[c-]c(Oc5[c-]c6c(cc5)c5ccccc5n6-c5cc(C(C)(C)C)ccn5)ccc2)[c-][n+]4-c2c(-c4cc(C(C)(C)C)cc(C(C)(C)C)c4)cc(C(C)(C)C)cc2-c2c([2H])c([2H])c([2H])c([2H])c2-c2c([2H])c([2H])c([2H])c([2H])c2-3)c([2H])c1[2H].[Pt]. The van der Waals surface area contributed by atoms with Crippen molar-refractivity contribution in [2.75, 3.05) is 0 Å². The molecule has 0 bridgehead atoms. The molecule has 0 unspecified atom stereocenters. The largest absolute Gasteiger partial charge is 0.510 e. The number of pyridine rings is 1. The Bertz CT molecular complexity index is 5210. The standard InChI is InChI=1S/C76H68N4O.Pt/c1-73(2,3)51-35-36-77-70(44-51)80-67-32-21-20-31-62(67)63-34-33-57(46-68(63)80)81-56-26-22-25-55(45-56)78-47-79-71-64(50-37-52(74(4,5)6)41-53(38-50)75(7,8)9)42-54(76(10,11)12)43-66(71)61-30-19-17-28-59(61)58-27-16-18-29-60(58)65-39-49(40-69(78)72(65)79)48-23-14-13-15-24-48;/h13-44H,1-12H3;/q-2;/i13D,14D,15D,16D,17D,18D,19D,23D,24D,27D,28D,29D,30D;. The minimum atomic E-state index is -0.662. The molecule has 0 saturated heterocycles. The van der Waals surface area contributed by atoms with E-state index in [4.69, 9.17) is 13.8 Å². The van der Waals surface area contributed by atoms with Gasteiger partial charge in [-0.1, -0.05) is 222 Å². The van der Waals surface area contributed by atoms with Crippen molar-refractivity contribution in [2.24, 2.45) is 0 Å². The van der Waals surface area contributed by atoms with Crippen LogP contribution in [0.5, 0.6) is 11.5 Å². The average molecular weight is 1260 g/mol. The second-order valence-corrected chi connectivity index (χ2v) is 25.2. The van der Waals surface area contributed by atoms with Gasteiger partial charge >= 0.3 is 0 Å². The smallest absolute Gasteiger partial charge is 0.268 e. The maximum absolute atomic E-state index is 10.1. The zero-order valence-corrected chi connectivity index (χ0v) is 50.3. The molecule has 0 saturated carbocycles. The van der Waals surface area contributed by atoms with Gasteiger partial charge in [0.05, 0.1) is 34.5 Å². The van der Waals surface area contributed by atoms with E-state index in [1.807, 2.05) is 42.6 Å². The predicted molar refractivity (Wildman–Crippen MR) is 336 cm³/mol. The van der Waals surface area contributed by atoms with Crippen molar-refractivity contribution in [3.8, 4) is 84.3 Å². The molecule has 9 aromatic carbocycles. The third-order valence-electron chi connectivity index (χ3n) is 15.5. The quantitative estimate of drug-likeness (QED) is 0.123. The van der Waals surface area contributed by atoms with Crippen molar-refractivity contribution in [3.05, 3.63) is 235 Å². The number of fused-ring (bicyclic) bond motifs is 10. The molecule has 0 fully saturated rings. The van der Waals surface area contributed by atoms with Crippen LogP contribution in [0.15, 0.2) is 194 Å². The van der Waals surface area contributed by atoms with Crippen LogP contribution in [-0.4, -0.2) is 14.1 Å². The van der Waals surface area contributed by atoms with Crippen LogP contribution in [0.2, 0.25) is 0 Å². The molecule has 0 spiro atoms. The second-order valence-electron chi connectivity index (χ2n) is 25.2. The maximum Gasteiger partial charge on any atom is 0.268 e. The van der Waals surface area contributed by atoms with Gasteiger partial charge in [-0.25, -0.2) is 4.98 Å². The topological polar surface area (TPSA) is 35.9 Å². The van der Waals surface area contributed by atoms with Crippen molar-refractivity contribution in [2.45, 2.75) is 105 Å². The van der Waals surface area contributed by atoms with E-state index in [9.17, 15) is 13.7 Å². The Kier molecular flexibility index (Phi) is 10.0. The molecule has 5 nitrogen and oxygen atoms in total. The Labute approximate surface area is 516 Å². The van der Waals surface area contributed by atoms with E-state index in [-0.39, 0.29) is 93.0 Å². The van der Waals surface area contributed by atoms with Gasteiger partial charge < -0.3 is 13.9 Å². The predicted octanol–water partition coefficient (Wildman–Crippen LogP) is 19.4. The zero-order chi connectivity index (χ0) is 67.6. The monoisotopic (exact) mass is 1260 g/mol. The summed E-state index contributed by atoms with van der Waals surface area (Å²) in [5.41, 5.74) is 6.25. The number of nitrogens with zero attached hydrogens (tertiary/aromatic N) is 4. The number of hydrogen-bond donors (Lipinski definition) is 0. The fraction of sp³-hybridized carbons (Fsp3) is 0.211. The molecule has 1 aliphatic rings. The number of hydrogen-bond acceptors (Lipinski definition) is 2. The number of para-hydroxylation sites is 1. The van der Waals surface area contributed by atoms with Crippen LogP contribution < -0.4 is 9.30 Å². The molecule has 6 heteroatoms. The van der Waals surface area contributed by atoms with Gasteiger partial charge in [0.1, 0.15) is 5.82 Å². The van der Waals surface area contributed by atoms with Crippen LogP contribution in [0.3, 0.4) is 0 Å². The van der Waals surface area contributed by atoms with Crippen LogP contribution in [-0.2, 0) is 42.7 Å². The summed E-state index contributed by atoms with van der Waals surface area (Å²) in [7, 11) is 0. The molecule has 13 rings (SSSR count). The van der Waals surface area contributed by atoms with E-state index < -0.39 is 84.0 Å². The van der Waals surface area contributed by atoms with E-state index in [2.05, 4.69) is 149 Å². The zero-order valence-electron chi connectivity index (χ0n) is 61.0. The number of aromatic nitrogens is 4. The normalized spacial score (nSPS) is 14.8. The Morgan fingerprint density at radius 3 is 1.71 bits per heavy atom. The molecule has 0 radical (unpaired) electrons. The summed E-state index contributed by atoms with van der Waals surface area (Å²) in [6.45, 7) is 25.5. The molecule has 0 aliphatic carbocycles. The first-order valence-corrected chi connectivity index (χ1v) is 27.4. The number of benzene rings is 9. The molecule has 0 atom stereocenters. The first-order chi connectivity index (χ1) is 44.1. The van der Waals surface area contributed by atoms with Crippen molar-refractivity contribution < 1.29 is 48.2 Å². The summed E-state index contributed by atoms with van der Waals surface area (Å²) < 4.78 is 135. The van der Waals surface area contributed by atoms with Gasteiger partial charge in [-0.3, -0.25) is 4.57 Å². The van der Waals surface area contributed by atoms with Gasteiger partial charge in [0.25, 0.3) is 6.33 Å². The summed E-state index contributed by atoms with van der Waals surface area (Å²) >= 11 is 0. The van der Waals surface area contributed by atoms with Crippen LogP contribution in [0, 0.1) is 18.5 Å². The molecular formula is C76H68N4OPt-2. The van der Waals surface area contributed by atoms with Gasteiger partial charge in [-0.15, -0.1) is 29.7 Å². The Balaban J connectivity index is 0.00000864. The second kappa shape index (κ2) is 20.1. The Hall–Kier alpha value is -8.11. The summed E-state index contributed by atoms with van der Waals surface area (Å²) in [4.78, 5) is 4.87. The number of imidazole rings is 1. The number of ether oxygens (including phenoxy) is 1. The minimum absolute atomic E-state index is 0. The molecule has 0 amide bonds. The van der Waals surface area contributed by atoms with Gasteiger partial charge in [-0.05, 0) is 135 Å². The van der Waals surface area contributed by atoms with Crippen molar-refractivity contribution >= 4 is 32.8 Å². The van der Waals surface area contributed by atoms with Gasteiger partial charge in [0.15, 0.2) is 0 Å². The summed E-state index contributed by atoms with van der Waals surface area (Å²) in [6, 6.07) is 34.6. The third-order valence-corrected chi connectivity index (χ3v) is 15.5.